The Hall–Kier alpha value is -2.95. The van der Waals surface area contributed by atoms with Crippen molar-refractivity contribution < 1.29 is 52.8 Å². The van der Waals surface area contributed by atoms with E-state index in [1.165, 1.54) is 20.8 Å². The normalized spacial score (nSPS) is 37.3. The van der Waals surface area contributed by atoms with Crippen LogP contribution in [0.2, 0.25) is 0 Å². The van der Waals surface area contributed by atoms with E-state index in [0.29, 0.717) is 18.4 Å². The van der Waals surface area contributed by atoms with Crippen molar-refractivity contribution in [2.24, 2.45) is 34.5 Å². The highest BCUT2D eigenvalue weighted by Crippen LogP contribution is 2.67. The first-order valence-corrected chi connectivity index (χ1v) is 16.2. The number of rotatable bonds is 10. The fourth-order valence-electron chi connectivity index (χ4n) is 8.35. The van der Waals surface area contributed by atoms with Gasteiger partial charge in [0, 0.05) is 50.4 Å². The quantitative estimate of drug-likeness (QED) is 0.206. The molecular formula is C34H52O11. The van der Waals surface area contributed by atoms with E-state index in [2.05, 4.69) is 0 Å². The Bertz CT molecular complexity index is 1180. The van der Waals surface area contributed by atoms with Crippen LogP contribution in [0.4, 0.5) is 0 Å². The monoisotopic (exact) mass is 636 g/mol. The molecule has 0 aromatic heterocycles. The van der Waals surface area contributed by atoms with Crippen molar-refractivity contribution >= 4 is 29.8 Å². The number of carbonyl (C=O) groups excluding carboxylic acids is 5. The highest BCUT2D eigenvalue weighted by Gasteiger charge is 2.74. The van der Waals surface area contributed by atoms with Gasteiger partial charge in [-0.15, -0.1) is 0 Å². The van der Waals surface area contributed by atoms with Crippen molar-refractivity contribution in [3.05, 3.63) is 11.6 Å². The molecule has 0 saturated heterocycles. The van der Waals surface area contributed by atoms with Crippen LogP contribution in [-0.4, -0.2) is 71.6 Å². The Labute approximate surface area is 266 Å². The van der Waals surface area contributed by atoms with Crippen molar-refractivity contribution in [3.8, 4) is 0 Å². The number of aliphatic hydroxyl groups is 1. The number of hydrogen-bond donors (Lipinski definition) is 1. The Morgan fingerprint density at radius 2 is 1.36 bits per heavy atom. The molecule has 0 spiro atoms. The second-order valence-electron chi connectivity index (χ2n) is 13.9. The third-order valence-electron chi connectivity index (χ3n) is 10.2. The van der Waals surface area contributed by atoms with Gasteiger partial charge in [0.05, 0.1) is 0 Å². The van der Waals surface area contributed by atoms with E-state index in [0.717, 1.165) is 0 Å². The summed E-state index contributed by atoms with van der Waals surface area (Å²) in [5, 5.41) is 11.5. The average molecular weight is 637 g/mol. The van der Waals surface area contributed by atoms with E-state index < -0.39 is 95.1 Å². The largest absolute Gasteiger partial charge is 0.462 e. The molecule has 1 N–H and O–H groups in total. The van der Waals surface area contributed by atoms with Gasteiger partial charge in [-0.1, -0.05) is 47.6 Å². The average Bonchev–Trinajstić information content (AvgIpc) is 3.12. The number of esters is 5. The van der Waals surface area contributed by atoms with Gasteiger partial charge in [0.15, 0.2) is 6.10 Å². The number of hydrogen-bond acceptors (Lipinski definition) is 11. The Morgan fingerprint density at radius 3 is 1.84 bits per heavy atom. The van der Waals surface area contributed by atoms with E-state index >= 15 is 0 Å². The summed E-state index contributed by atoms with van der Waals surface area (Å²) in [6.07, 6.45) is -2.90. The van der Waals surface area contributed by atoms with Crippen LogP contribution in [0.25, 0.3) is 0 Å². The lowest BCUT2D eigenvalue weighted by Gasteiger charge is -2.58. The van der Waals surface area contributed by atoms with Gasteiger partial charge in [-0.05, 0) is 49.5 Å². The molecule has 0 bridgehead atoms. The van der Waals surface area contributed by atoms with Crippen molar-refractivity contribution in [1.82, 2.24) is 0 Å². The molecule has 0 aliphatic heterocycles. The zero-order chi connectivity index (χ0) is 34.0. The molecule has 11 nitrogen and oxygen atoms in total. The predicted octanol–water partition coefficient (Wildman–Crippen LogP) is 4.46. The number of carbonyl (C=O) groups is 5. The van der Waals surface area contributed by atoms with Crippen LogP contribution in [0.1, 0.15) is 101 Å². The Morgan fingerprint density at radius 1 is 0.822 bits per heavy atom. The van der Waals surface area contributed by atoms with E-state index in [1.807, 2.05) is 47.6 Å². The van der Waals surface area contributed by atoms with Gasteiger partial charge in [0.2, 0.25) is 0 Å². The molecule has 0 unspecified atom stereocenters. The summed E-state index contributed by atoms with van der Waals surface area (Å²) in [4.78, 5) is 63.9. The van der Waals surface area contributed by atoms with E-state index in [1.54, 1.807) is 6.92 Å². The SMILES string of the molecule is CCCC(=O)O[C@@H]1[C@H](C(C)C)[C@@H]2[C@H]3C=C(C)[C@H](O)[C@H](OC(C)=O)[C@@H](OC(C)=O)[C@]3(C)C[C@H](OC(C)=O)[C@]2(C)[C@H]1OC(=O)CCC. The third-order valence-corrected chi connectivity index (χ3v) is 10.2. The standard InChI is InChI=1S/C34H52O11/c1-11-13-24(38)44-29-26(17(3)4)27-22-15-18(5)28(40)30(42-20(7)36)31(43-21(8)37)33(22,9)16-23(41-19(6)35)34(27,10)32(29)45-25(39)14-12-2/h15,17,22-23,26-32,40H,11-14,16H2,1-10H3/t22-,23+,26-,27+,28+,29-,30+,31-,32+,33-,34+/m1/s1. The topological polar surface area (TPSA) is 152 Å². The maximum absolute atomic E-state index is 13.2. The molecule has 3 aliphatic carbocycles. The van der Waals surface area contributed by atoms with Crippen molar-refractivity contribution in [1.29, 1.82) is 0 Å². The van der Waals surface area contributed by atoms with Gasteiger partial charge in [0.1, 0.15) is 30.5 Å². The molecule has 3 rings (SSSR count). The van der Waals surface area contributed by atoms with Crippen molar-refractivity contribution in [2.45, 2.75) is 138 Å². The van der Waals surface area contributed by atoms with Gasteiger partial charge in [-0.25, -0.2) is 0 Å². The van der Waals surface area contributed by atoms with Crippen LogP contribution >= 0.6 is 0 Å². The maximum Gasteiger partial charge on any atom is 0.306 e. The van der Waals surface area contributed by atoms with Crippen molar-refractivity contribution in [2.75, 3.05) is 0 Å². The third kappa shape index (κ3) is 7.08. The zero-order valence-electron chi connectivity index (χ0n) is 28.4. The lowest BCUT2D eigenvalue weighted by Crippen LogP contribution is -2.63. The smallest absolute Gasteiger partial charge is 0.306 e. The van der Waals surface area contributed by atoms with Gasteiger partial charge in [-0.2, -0.15) is 0 Å². The summed E-state index contributed by atoms with van der Waals surface area (Å²) in [7, 11) is 0. The summed E-state index contributed by atoms with van der Waals surface area (Å²) in [5.41, 5.74) is -1.61. The highest BCUT2D eigenvalue weighted by molar-refractivity contribution is 5.71. The first-order chi connectivity index (χ1) is 20.9. The minimum absolute atomic E-state index is 0.109. The fourth-order valence-corrected chi connectivity index (χ4v) is 8.35. The Balaban J connectivity index is 2.38. The van der Waals surface area contributed by atoms with Crippen LogP contribution in [0.3, 0.4) is 0 Å². The van der Waals surface area contributed by atoms with Crippen LogP contribution in [0.5, 0.6) is 0 Å². The highest BCUT2D eigenvalue weighted by atomic mass is 16.6. The van der Waals surface area contributed by atoms with E-state index in [4.69, 9.17) is 23.7 Å². The van der Waals surface area contributed by atoms with Gasteiger partial charge in [0.25, 0.3) is 0 Å². The van der Waals surface area contributed by atoms with Gasteiger partial charge >= 0.3 is 29.8 Å². The maximum atomic E-state index is 13.2. The molecule has 0 aromatic carbocycles. The van der Waals surface area contributed by atoms with Crippen LogP contribution in [0.15, 0.2) is 11.6 Å². The van der Waals surface area contributed by atoms with Gasteiger partial charge < -0.3 is 28.8 Å². The lowest BCUT2D eigenvalue weighted by atomic mass is 9.49. The molecule has 11 atom stereocenters. The fraction of sp³-hybridized carbons (Fsp3) is 0.794. The lowest BCUT2D eigenvalue weighted by molar-refractivity contribution is -0.225. The van der Waals surface area contributed by atoms with E-state index in [-0.39, 0.29) is 25.2 Å². The van der Waals surface area contributed by atoms with Gasteiger partial charge in [-0.3, -0.25) is 24.0 Å². The zero-order valence-corrected chi connectivity index (χ0v) is 28.4. The van der Waals surface area contributed by atoms with Crippen LogP contribution < -0.4 is 0 Å². The number of allylic oxidation sites excluding steroid dienone is 1. The van der Waals surface area contributed by atoms with Crippen molar-refractivity contribution in [3.63, 3.8) is 0 Å². The summed E-state index contributed by atoms with van der Waals surface area (Å²) in [5.74, 6) is -4.18. The second kappa shape index (κ2) is 14.2. The molecule has 0 radical (unpaired) electrons. The Kier molecular flexibility index (Phi) is 11.5. The molecular weight excluding hydrogens is 584 g/mol. The van der Waals surface area contributed by atoms with Crippen LogP contribution in [-0.2, 0) is 47.7 Å². The van der Waals surface area contributed by atoms with E-state index in [9.17, 15) is 29.1 Å². The molecule has 0 heterocycles. The molecule has 2 fully saturated rings. The molecule has 45 heavy (non-hydrogen) atoms. The summed E-state index contributed by atoms with van der Waals surface area (Å²) < 4.78 is 30.1. The summed E-state index contributed by atoms with van der Waals surface area (Å²) in [6, 6.07) is 0. The van der Waals surface area contributed by atoms with Crippen LogP contribution in [0, 0.1) is 34.5 Å². The molecule has 2 saturated carbocycles. The number of ether oxygens (including phenoxy) is 5. The summed E-state index contributed by atoms with van der Waals surface area (Å²) in [6.45, 7) is 17.0. The molecule has 0 aromatic rings. The minimum atomic E-state index is -1.30. The summed E-state index contributed by atoms with van der Waals surface area (Å²) >= 11 is 0. The first-order valence-electron chi connectivity index (χ1n) is 16.2. The molecule has 254 valence electrons. The second-order valence-corrected chi connectivity index (χ2v) is 13.9. The number of fused-ring (bicyclic) bond motifs is 3. The molecule has 3 aliphatic rings. The molecule has 11 heteroatoms. The number of aliphatic hydroxyl groups excluding tert-OH is 1. The minimum Gasteiger partial charge on any atom is -0.462 e. The molecule has 0 amide bonds. The predicted molar refractivity (Wildman–Crippen MR) is 162 cm³/mol. The first kappa shape index (κ1) is 36.5.